The minimum atomic E-state index is -3.60. The number of aromatic nitrogens is 2. The summed E-state index contributed by atoms with van der Waals surface area (Å²) in [5.41, 5.74) is 2.22. The van der Waals surface area contributed by atoms with Gasteiger partial charge < -0.3 is 25.4 Å². The minimum absolute atomic E-state index is 0.204. The number of piperidine rings is 1. The van der Waals surface area contributed by atoms with E-state index in [9.17, 15) is 13.2 Å². The van der Waals surface area contributed by atoms with Crippen LogP contribution in [0.4, 0.5) is 17.2 Å². The molecule has 4 N–H and O–H groups in total. The normalized spacial score (nSPS) is 14.3. The summed E-state index contributed by atoms with van der Waals surface area (Å²) in [7, 11) is -2.18. The van der Waals surface area contributed by atoms with E-state index < -0.39 is 15.9 Å². The van der Waals surface area contributed by atoms with Crippen LogP contribution in [0.5, 0.6) is 17.4 Å². The summed E-state index contributed by atoms with van der Waals surface area (Å²) in [6.45, 7) is 9.79. The van der Waals surface area contributed by atoms with Gasteiger partial charge in [0.15, 0.2) is 5.75 Å². The van der Waals surface area contributed by atoms with E-state index in [1.165, 1.54) is 13.4 Å². The van der Waals surface area contributed by atoms with Crippen LogP contribution in [0.2, 0.25) is 0 Å². The molecule has 0 saturated carbocycles. The third-order valence-electron chi connectivity index (χ3n) is 6.70. The van der Waals surface area contributed by atoms with Crippen LogP contribution in [0.1, 0.15) is 55.1 Å². The smallest absolute Gasteiger partial charge is 0.255 e. The summed E-state index contributed by atoms with van der Waals surface area (Å²) < 4.78 is 38.2. The number of ether oxygens (including phenoxy) is 2. The molecule has 0 atom stereocenters. The van der Waals surface area contributed by atoms with E-state index in [-0.39, 0.29) is 16.9 Å². The van der Waals surface area contributed by atoms with E-state index in [2.05, 4.69) is 30.6 Å². The van der Waals surface area contributed by atoms with E-state index in [1.807, 2.05) is 27.7 Å². The zero-order chi connectivity index (χ0) is 29.8. The van der Waals surface area contributed by atoms with Gasteiger partial charge in [0.2, 0.25) is 15.9 Å². The fraction of sp³-hybridized carbons (Fsp3) is 0.414. The molecule has 4 rings (SSSR count). The molecule has 220 valence electrons. The molecule has 0 aliphatic carbocycles. The Morgan fingerprint density at radius 3 is 2.41 bits per heavy atom. The molecule has 11 nitrogen and oxygen atoms in total. The molecule has 41 heavy (non-hydrogen) atoms. The lowest BCUT2D eigenvalue weighted by molar-refractivity contribution is 0.102. The molecule has 0 unspecified atom stereocenters. The molecule has 0 radical (unpaired) electrons. The van der Waals surface area contributed by atoms with Crippen molar-refractivity contribution in [2.24, 2.45) is 0 Å². The van der Waals surface area contributed by atoms with Crippen molar-refractivity contribution < 1.29 is 22.7 Å². The Morgan fingerprint density at radius 1 is 1.05 bits per heavy atom. The Balaban J connectivity index is 1.58. The molecule has 0 bridgehead atoms. The Kier molecular flexibility index (Phi) is 9.03. The van der Waals surface area contributed by atoms with Crippen molar-refractivity contribution >= 4 is 33.1 Å². The third-order valence-corrected chi connectivity index (χ3v) is 7.29. The van der Waals surface area contributed by atoms with Gasteiger partial charge in [-0.1, -0.05) is 26.8 Å². The van der Waals surface area contributed by atoms with Gasteiger partial charge in [-0.25, -0.2) is 18.4 Å². The largest absolute Gasteiger partial charge is 0.492 e. The molecule has 2 heterocycles. The molecule has 1 amide bonds. The van der Waals surface area contributed by atoms with E-state index in [0.29, 0.717) is 34.7 Å². The molecule has 1 fully saturated rings. The number of hydrogen-bond acceptors (Lipinski definition) is 9. The summed E-state index contributed by atoms with van der Waals surface area (Å²) in [4.78, 5) is 22.0. The van der Waals surface area contributed by atoms with E-state index in [4.69, 9.17) is 9.47 Å². The average molecular weight is 583 g/mol. The molecule has 2 aromatic carbocycles. The highest BCUT2D eigenvalue weighted by molar-refractivity contribution is 7.92. The lowest BCUT2D eigenvalue weighted by Crippen LogP contribution is -2.35. The highest BCUT2D eigenvalue weighted by Gasteiger charge is 2.23. The first kappa shape index (κ1) is 30.1. The summed E-state index contributed by atoms with van der Waals surface area (Å²) in [5, 5.41) is 9.66. The Morgan fingerprint density at radius 2 is 1.76 bits per heavy atom. The predicted octanol–water partition coefficient (Wildman–Crippen LogP) is 4.67. The minimum Gasteiger partial charge on any atom is -0.492 e. The molecule has 0 spiro atoms. The van der Waals surface area contributed by atoms with Crippen LogP contribution in [-0.4, -0.2) is 56.8 Å². The number of anilines is 3. The van der Waals surface area contributed by atoms with Crippen molar-refractivity contribution in [1.82, 2.24) is 15.3 Å². The number of hydrogen-bond donors (Lipinski definition) is 4. The van der Waals surface area contributed by atoms with Crippen LogP contribution < -0.4 is 30.1 Å². The second-order valence-corrected chi connectivity index (χ2v) is 12.9. The zero-order valence-corrected chi connectivity index (χ0v) is 25.1. The van der Waals surface area contributed by atoms with Crippen molar-refractivity contribution in [3.63, 3.8) is 0 Å². The molecule has 1 aliphatic heterocycles. The Hall–Kier alpha value is -3.90. The molecule has 1 aromatic heterocycles. The number of rotatable bonds is 9. The first-order valence-corrected chi connectivity index (χ1v) is 15.3. The highest BCUT2D eigenvalue weighted by Crippen LogP contribution is 2.39. The molecule has 12 heteroatoms. The van der Waals surface area contributed by atoms with E-state index >= 15 is 0 Å². The second kappa shape index (κ2) is 12.3. The van der Waals surface area contributed by atoms with Gasteiger partial charge in [-0.05, 0) is 73.7 Å². The van der Waals surface area contributed by atoms with Crippen LogP contribution in [0, 0.1) is 6.92 Å². The lowest BCUT2D eigenvalue weighted by atomic mass is 9.86. The van der Waals surface area contributed by atoms with Crippen LogP contribution in [0.15, 0.2) is 42.7 Å². The highest BCUT2D eigenvalue weighted by atomic mass is 32.2. The maximum atomic E-state index is 13.4. The van der Waals surface area contributed by atoms with Crippen molar-refractivity contribution in [3.8, 4) is 17.4 Å². The number of carbonyl (C=O) groups is 1. The number of amides is 1. The molecular formula is C29H38N6O5S. The van der Waals surface area contributed by atoms with Gasteiger partial charge in [-0.2, -0.15) is 0 Å². The van der Waals surface area contributed by atoms with Crippen LogP contribution in [-0.2, 0) is 15.4 Å². The summed E-state index contributed by atoms with van der Waals surface area (Å²) in [6, 6.07) is 10.7. The first-order chi connectivity index (χ1) is 19.3. The number of nitrogens with one attached hydrogen (secondary N) is 4. The number of nitrogens with zero attached hydrogens (tertiary/aromatic N) is 2. The summed E-state index contributed by atoms with van der Waals surface area (Å²) >= 11 is 0. The number of methoxy groups -OCH3 is 1. The fourth-order valence-electron chi connectivity index (χ4n) is 4.46. The van der Waals surface area contributed by atoms with Gasteiger partial charge in [0.05, 0.1) is 24.7 Å². The van der Waals surface area contributed by atoms with Gasteiger partial charge >= 0.3 is 0 Å². The fourth-order valence-corrected chi connectivity index (χ4v) is 5.01. The summed E-state index contributed by atoms with van der Waals surface area (Å²) in [6.07, 6.45) is 4.52. The molecule has 1 saturated heterocycles. The second-order valence-electron chi connectivity index (χ2n) is 11.2. The van der Waals surface area contributed by atoms with Crippen molar-refractivity contribution in [3.05, 3.63) is 59.4 Å². The summed E-state index contributed by atoms with van der Waals surface area (Å²) in [5.74, 6) is 1.29. The van der Waals surface area contributed by atoms with Gasteiger partial charge in [-0.15, -0.1) is 0 Å². The Labute approximate surface area is 241 Å². The SMILES string of the molecule is COc1c(NC(=O)c2ccc(C)c(Oc3cc(NC4CCNCC4)ncn3)c2)cc(C(C)(C)C)cc1NS(C)(=O)=O. The van der Waals surface area contributed by atoms with Crippen molar-refractivity contribution in [2.45, 2.75) is 52.0 Å². The first-order valence-electron chi connectivity index (χ1n) is 13.4. The van der Waals surface area contributed by atoms with Crippen LogP contribution in [0.3, 0.4) is 0 Å². The van der Waals surface area contributed by atoms with Crippen LogP contribution >= 0.6 is 0 Å². The third kappa shape index (κ3) is 8.08. The number of carbonyl (C=O) groups excluding carboxylic acids is 1. The standard InChI is InChI=1S/C29H38N6O5S/c1-18-7-8-19(13-24(18)40-26-16-25(31-17-32-26)33-21-9-11-30-12-10-21)28(36)34-22-14-20(29(2,3)4)15-23(27(22)39-5)35-41(6,37)38/h7-8,13-17,21,30,35H,9-12H2,1-6H3,(H,34,36)(H,31,32,33). The van der Waals surface area contributed by atoms with E-state index in [0.717, 1.165) is 43.3 Å². The topological polar surface area (TPSA) is 144 Å². The molecule has 3 aromatic rings. The van der Waals surface area contributed by atoms with Gasteiger partial charge in [0.25, 0.3) is 5.91 Å². The average Bonchev–Trinajstić information content (AvgIpc) is 2.89. The monoisotopic (exact) mass is 582 g/mol. The maximum absolute atomic E-state index is 13.4. The van der Waals surface area contributed by atoms with E-state index in [1.54, 1.807) is 36.4 Å². The quantitative estimate of drug-likeness (QED) is 0.283. The van der Waals surface area contributed by atoms with Gasteiger partial charge in [0.1, 0.15) is 17.9 Å². The number of aryl methyl sites for hydroxylation is 1. The van der Waals surface area contributed by atoms with Crippen molar-refractivity contribution in [1.29, 1.82) is 0 Å². The number of benzene rings is 2. The van der Waals surface area contributed by atoms with Gasteiger partial charge in [0, 0.05) is 17.7 Å². The molecular weight excluding hydrogens is 544 g/mol. The van der Waals surface area contributed by atoms with Crippen molar-refractivity contribution in [2.75, 3.05) is 41.8 Å². The maximum Gasteiger partial charge on any atom is 0.255 e. The predicted molar refractivity (Wildman–Crippen MR) is 161 cm³/mol. The Bertz CT molecular complexity index is 1510. The zero-order valence-electron chi connectivity index (χ0n) is 24.3. The lowest BCUT2D eigenvalue weighted by Gasteiger charge is -2.24. The molecule has 1 aliphatic rings. The number of sulfonamides is 1. The van der Waals surface area contributed by atoms with Gasteiger partial charge in [-0.3, -0.25) is 9.52 Å². The van der Waals surface area contributed by atoms with Crippen LogP contribution in [0.25, 0.3) is 0 Å².